The van der Waals surface area contributed by atoms with Crippen molar-refractivity contribution in [1.82, 2.24) is 0 Å². The minimum absolute atomic E-state index is 0.352. The van der Waals surface area contributed by atoms with Crippen LogP contribution in [0, 0.1) is 6.92 Å². The molecule has 21 heavy (non-hydrogen) atoms. The molecular weight excluding hydrogens is 284 g/mol. The van der Waals surface area contributed by atoms with E-state index < -0.39 is 0 Å². The van der Waals surface area contributed by atoms with Crippen LogP contribution in [-0.4, -0.2) is 19.6 Å². The number of nitrogen functional groups attached to an aromatic ring is 1. The number of ether oxygens (including phenoxy) is 1. The Morgan fingerprint density at radius 1 is 1.38 bits per heavy atom. The van der Waals surface area contributed by atoms with Gasteiger partial charge in [-0.2, -0.15) is 0 Å². The van der Waals surface area contributed by atoms with Crippen molar-refractivity contribution in [1.29, 1.82) is 0 Å². The second-order valence-electron chi connectivity index (χ2n) is 4.93. The van der Waals surface area contributed by atoms with Crippen molar-refractivity contribution >= 4 is 28.0 Å². The number of esters is 1. The predicted octanol–water partition coefficient (Wildman–Crippen LogP) is 3.45. The number of benzene rings is 1. The van der Waals surface area contributed by atoms with E-state index in [9.17, 15) is 4.79 Å². The van der Waals surface area contributed by atoms with Crippen LogP contribution >= 0.6 is 11.3 Å². The monoisotopic (exact) mass is 304 g/mol. The van der Waals surface area contributed by atoms with E-state index in [1.807, 2.05) is 19.2 Å². The number of rotatable bonds is 5. The molecule has 0 aliphatic heterocycles. The summed E-state index contributed by atoms with van der Waals surface area (Å²) in [6.45, 7) is 4.98. The van der Waals surface area contributed by atoms with Crippen molar-refractivity contribution in [3.8, 4) is 0 Å². The molecule has 1 heterocycles. The molecule has 0 aliphatic rings. The molecule has 2 N–H and O–H groups in total. The Bertz CT molecular complexity index is 637. The smallest absolute Gasteiger partial charge is 0.350 e. The van der Waals surface area contributed by atoms with Crippen molar-refractivity contribution < 1.29 is 9.53 Å². The molecule has 0 fully saturated rings. The summed E-state index contributed by atoms with van der Waals surface area (Å²) in [4.78, 5) is 14.4. The van der Waals surface area contributed by atoms with Gasteiger partial charge in [0.15, 0.2) is 0 Å². The van der Waals surface area contributed by atoms with Gasteiger partial charge in [0, 0.05) is 13.6 Å². The van der Waals surface area contributed by atoms with Crippen LogP contribution in [0.1, 0.15) is 27.7 Å². The number of aryl methyl sites for hydroxylation is 1. The summed E-state index contributed by atoms with van der Waals surface area (Å²) in [6, 6.07) is 10.2. The fourth-order valence-corrected chi connectivity index (χ4v) is 3.03. The Kier molecular flexibility index (Phi) is 4.85. The van der Waals surface area contributed by atoms with Crippen molar-refractivity contribution in [2.75, 3.05) is 24.3 Å². The van der Waals surface area contributed by atoms with Crippen LogP contribution in [0.5, 0.6) is 0 Å². The lowest BCUT2D eigenvalue weighted by Crippen LogP contribution is -2.15. The largest absolute Gasteiger partial charge is 0.462 e. The third-order valence-corrected chi connectivity index (χ3v) is 4.33. The molecule has 0 bridgehead atoms. The minimum Gasteiger partial charge on any atom is -0.462 e. The SMILES string of the molecule is CCOC(=O)c1sc(N(C)Cc2cccc(C)c2)cc1N. The topological polar surface area (TPSA) is 55.6 Å². The fraction of sp³-hybridized carbons (Fsp3) is 0.312. The van der Waals surface area contributed by atoms with Gasteiger partial charge in [0.2, 0.25) is 0 Å². The second kappa shape index (κ2) is 6.63. The Hall–Kier alpha value is -2.01. The second-order valence-corrected chi connectivity index (χ2v) is 5.97. The molecule has 0 spiro atoms. The predicted molar refractivity (Wildman–Crippen MR) is 88.0 cm³/mol. The third-order valence-electron chi connectivity index (χ3n) is 3.09. The number of hydrogen-bond acceptors (Lipinski definition) is 5. The van der Waals surface area contributed by atoms with Crippen LogP contribution in [0.2, 0.25) is 0 Å². The number of nitrogens with two attached hydrogens (primary N) is 1. The molecule has 2 rings (SSSR count). The average molecular weight is 304 g/mol. The lowest BCUT2D eigenvalue weighted by atomic mass is 10.1. The number of nitrogens with zero attached hydrogens (tertiary/aromatic N) is 1. The highest BCUT2D eigenvalue weighted by Gasteiger charge is 2.17. The van der Waals surface area contributed by atoms with Gasteiger partial charge in [-0.1, -0.05) is 29.8 Å². The summed E-state index contributed by atoms with van der Waals surface area (Å²) in [5.74, 6) is -0.352. The van der Waals surface area contributed by atoms with E-state index in [1.54, 1.807) is 6.92 Å². The summed E-state index contributed by atoms with van der Waals surface area (Å²) >= 11 is 1.37. The van der Waals surface area contributed by atoms with Gasteiger partial charge in [-0.05, 0) is 25.5 Å². The summed E-state index contributed by atoms with van der Waals surface area (Å²) in [5, 5.41) is 0.956. The summed E-state index contributed by atoms with van der Waals surface area (Å²) in [6.07, 6.45) is 0. The van der Waals surface area contributed by atoms with Gasteiger partial charge >= 0.3 is 5.97 Å². The van der Waals surface area contributed by atoms with E-state index >= 15 is 0 Å². The highest BCUT2D eigenvalue weighted by Crippen LogP contribution is 2.32. The molecule has 0 saturated carbocycles. The van der Waals surface area contributed by atoms with E-state index in [2.05, 4.69) is 30.0 Å². The minimum atomic E-state index is -0.352. The highest BCUT2D eigenvalue weighted by atomic mass is 32.1. The Morgan fingerprint density at radius 3 is 2.81 bits per heavy atom. The first kappa shape index (κ1) is 15.4. The Balaban J connectivity index is 2.14. The van der Waals surface area contributed by atoms with E-state index in [1.165, 1.54) is 22.5 Å². The van der Waals surface area contributed by atoms with Crippen LogP contribution in [0.3, 0.4) is 0 Å². The van der Waals surface area contributed by atoms with E-state index in [-0.39, 0.29) is 5.97 Å². The zero-order valence-electron chi connectivity index (χ0n) is 12.6. The maximum atomic E-state index is 11.8. The first-order chi connectivity index (χ1) is 10.0. The molecule has 112 valence electrons. The molecule has 0 aliphatic carbocycles. The van der Waals surface area contributed by atoms with Gasteiger partial charge in [-0.15, -0.1) is 11.3 Å². The number of carbonyl (C=O) groups is 1. The zero-order valence-corrected chi connectivity index (χ0v) is 13.4. The molecule has 0 unspecified atom stereocenters. The molecular formula is C16H20N2O2S. The fourth-order valence-electron chi connectivity index (χ4n) is 2.10. The lowest BCUT2D eigenvalue weighted by molar-refractivity contribution is 0.0533. The molecule has 2 aromatic rings. The maximum absolute atomic E-state index is 11.8. The highest BCUT2D eigenvalue weighted by molar-refractivity contribution is 7.18. The van der Waals surface area contributed by atoms with Crippen LogP contribution in [0.25, 0.3) is 0 Å². The Morgan fingerprint density at radius 2 is 2.14 bits per heavy atom. The van der Waals surface area contributed by atoms with E-state index in [4.69, 9.17) is 10.5 Å². The first-order valence-corrected chi connectivity index (χ1v) is 7.66. The standard InChI is InChI=1S/C16H20N2O2S/c1-4-20-16(19)15-13(17)9-14(21-15)18(3)10-12-7-5-6-11(2)8-12/h5-9H,4,10,17H2,1-3H3. The maximum Gasteiger partial charge on any atom is 0.350 e. The number of hydrogen-bond donors (Lipinski definition) is 1. The Labute approximate surface area is 129 Å². The van der Waals surface area contributed by atoms with E-state index in [0.29, 0.717) is 17.2 Å². The van der Waals surface area contributed by atoms with Gasteiger partial charge in [0.1, 0.15) is 4.88 Å². The first-order valence-electron chi connectivity index (χ1n) is 6.84. The van der Waals surface area contributed by atoms with E-state index in [0.717, 1.165) is 11.5 Å². The molecule has 1 aromatic heterocycles. The molecule has 5 heteroatoms. The number of anilines is 2. The van der Waals surface area contributed by atoms with Crippen molar-refractivity contribution in [3.63, 3.8) is 0 Å². The van der Waals surface area contributed by atoms with Gasteiger partial charge in [0.05, 0.1) is 17.3 Å². The molecule has 0 saturated heterocycles. The van der Waals surface area contributed by atoms with Gasteiger partial charge in [-0.25, -0.2) is 4.79 Å². The van der Waals surface area contributed by atoms with Crippen LogP contribution in [0.15, 0.2) is 30.3 Å². The molecule has 0 radical (unpaired) electrons. The molecule has 0 amide bonds. The summed E-state index contributed by atoms with van der Waals surface area (Å²) < 4.78 is 5.01. The van der Waals surface area contributed by atoms with Gasteiger partial charge < -0.3 is 15.4 Å². The number of thiophene rings is 1. The molecule has 0 atom stereocenters. The van der Waals surface area contributed by atoms with Crippen molar-refractivity contribution in [3.05, 3.63) is 46.3 Å². The summed E-state index contributed by atoms with van der Waals surface area (Å²) in [7, 11) is 1.99. The third kappa shape index (κ3) is 3.76. The van der Waals surface area contributed by atoms with Crippen LogP contribution in [-0.2, 0) is 11.3 Å². The quantitative estimate of drug-likeness (QED) is 0.860. The zero-order chi connectivity index (χ0) is 15.4. The van der Waals surface area contributed by atoms with Crippen LogP contribution < -0.4 is 10.6 Å². The lowest BCUT2D eigenvalue weighted by Gasteiger charge is -2.17. The van der Waals surface area contributed by atoms with Crippen molar-refractivity contribution in [2.24, 2.45) is 0 Å². The molecule has 1 aromatic carbocycles. The number of carbonyl (C=O) groups excluding carboxylic acids is 1. The summed E-state index contributed by atoms with van der Waals surface area (Å²) in [5.41, 5.74) is 8.85. The average Bonchev–Trinajstić information content (AvgIpc) is 2.81. The molecule has 4 nitrogen and oxygen atoms in total. The van der Waals surface area contributed by atoms with Crippen molar-refractivity contribution in [2.45, 2.75) is 20.4 Å². The normalized spacial score (nSPS) is 10.4. The van der Waals surface area contributed by atoms with Crippen LogP contribution in [0.4, 0.5) is 10.7 Å². The van der Waals surface area contributed by atoms with Gasteiger partial charge in [0.25, 0.3) is 0 Å². The van der Waals surface area contributed by atoms with Gasteiger partial charge in [-0.3, -0.25) is 0 Å².